The number of carbonyl (C=O) groups is 1. The molecule has 0 bridgehead atoms. The molecule has 4 nitrogen and oxygen atoms in total. The lowest BCUT2D eigenvalue weighted by molar-refractivity contribution is 0.0461. The van der Waals surface area contributed by atoms with E-state index in [1.807, 2.05) is 31.2 Å². The molecule has 0 radical (unpaired) electrons. The first-order chi connectivity index (χ1) is 8.56. The van der Waals surface area contributed by atoms with Gasteiger partial charge in [-0.25, -0.2) is 4.79 Å². The van der Waals surface area contributed by atoms with Gasteiger partial charge in [0.2, 0.25) is 0 Å². The van der Waals surface area contributed by atoms with E-state index in [0.29, 0.717) is 11.4 Å². The molecule has 0 atom stereocenters. The Morgan fingerprint density at radius 2 is 2.17 bits per heavy atom. The van der Waals surface area contributed by atoms with Crippen LogP contribution >= 0.6 is 0 Å². The van der Waals surface area contributed by atoms with E-state index in [1.165, 1.54) is 0 Å². The SMILES string of the molecule is Cc1cccc(COC(=O)c2cc(N)cn2C)c1. The van der Waals surface area contributed by atoms with Gasteiger partial charge in [-0.2, -0.15) is 0 Å². The number of carbonyl (C=O) groups excluding carboxylic acids is 1. The van der Waals surface area contributed by atoms with Gasteiger partial charge in [-0.15, -0.1) is 0 Å². The summed E-state index contributed by atoms with van der Waals surface area (Å²) in [4.78, 5) is 11.8. The van der Waals surface area contributed by atoms with Crippen LogP contribution in [0, 0.1) is 6.92 Å². The number of nitrogen functional groups attached to an aromatic ring is 1. The van der Waals surface area contributed by atoms with Gasteiger partial charge >= 0.3 is 5.97 Å². The van der Waals surface area contributed by atoms with E-state index in [1.54, 1.807) is 23.9 Å². The van der Waals surface area contributed by atoms with E-state index >= 15 is 0 Å². The fraction of sp³-hybridized carbons (Fsp3) is 0.214. The van der Waals surface area contributed by atoms with E-state index in [4.69, 9.17) is 10.5 Å². The maximum atomic E-state index is 11.8. The smallest absolute Gasteiger partial charge is 0.355 e. The molecule has 0 saturated carbocycles. The Bertz CT molecular complexity index is 573. The van der Waals surface area contributed by atoms with E-state index in [9.17, 15) is 4.79 Å². The topological polar surface area (TPSA) is 57.2 Å². The van der Waals surface area contributed by atoms with Crippen molar-refractivity contribution in [2.75, 3.05) is 5.73 Å². The van der Waals surface area contributed by atoms with E-state index in [-0.39, 0.29) is 12.6 Å². The molecule has 94 valence electrons. The van der Waals surface area contributed by atoms with E-state index in [2.05, 4.69) is 0 Å². The van der Waals surface area contributed by atoms with Crippen molar-refractivity contribution in [3.8, 4) is 0 Å². The zero-order chi connectivity index (χ0) is 13.1. The molecule has 1 aromatic carbocycles. The number of ether oxygens (including phenoxy) is 1. The van der Waals surface area contributed by atoms with Gasteiger partial charge in [-0.05, 0) is 18.6 Å². The first-order valence-corrected chi connectivity index (χ1v) is 5.71. The van der Waals surface area contributed by atoms with E-state index < -0.39 is 0 Å². The summed E-state index contributed by atoms with van der Waals surface area (Å²) in [6.45, 7) is 2.27. The van der Waals surface area contributed by atoms with Gasteiger partial charge in [-0.3, -0.25) is 0 Å². The van der Waals surface area contributed by atoms with Gasteiger partial charge in [0.15, 0.2) is 0 Å². The van der Waals surface area contributed by atoms with Crippen LogP contribution in [0.3, 0.4) is 0 Å². The van der Waals surface area contributed by atoms with Crippen LogP contribution in [0.1, 0.15) is 21.6 Å². The summed E-state index contributed by atoms with van der Waals surface area (Å²) < 4.78 is 6.91. The highest BCUT2D eigenvalue weighted by Gasteiger charge is 2.12. The Morgan fingerprint density at radius 3 is 2.78 bits per heavy atom. The summed E-state index contributed by atoms with van der Waals surface area (Å²) in [6, 6.07) is 9.48. The molecule has 1 heterocycles. The van der Waals surface area contributed by atoms with Crippen LogP contribution in [0.5, 0.6) is 0 Å². The van der Waals surface area contributed by atoms with Crippen molar-refractivity contribution in [2.24, 2.45) is 7.05 Å². The molecule has 0 amide bonds. The highest BCUT2D eigenvalue weighted by Crippen LogP contribution is 2.12. The maximum absolute atomic E-state index is 11.8. The third-order valence-corrected chi connectivity index (χ3v) is 2.69. The first-order valence-electron chi connectivity index (χ1n) is 5.71. The average Bonchev–Trinajstić information content (AvgIpc) is 2.66. The monoisotopic (exact) mass is 244 g/mol. The predicted molar refractivity (Wildman–Crippen MR) is 70.1 cm³/mol. The third kappa shape index (κ3) is 2.71. The summed E-state index contributed by atoms with van der Waals surface area (Å²) in [5.74, 6) is -0.365. The lowest BCUT2D eigenvalue weighted by atomic mass is 10.1. The van der Waals surface area contributed by atoms with Crippen molar-refractivity contribution in [2.45, 2.75) is 13.5 Å². The van der Waals surface area contributed by atoms with Crippen LogP contribution in [0.4, 0.5) is 5.69 Å². The second-order valence-electron chi connectivity index (χ2n) is 4.33. The van der Waals surface area contributed by atoms with Crippen LogP contribution in [0.25, 0.3) is 0 Å². The normalized spacial score (nSPS) is 10.3. The molecule has 0 fully saturated rings. The van der Waals surface area contributed by atoms with Gasteiger partial charge in [0.1, 0.15) is 12.3 Å². The summed E-state index contributed by atoms with van der Waals surface area (Å²) in [6.07, 6.45) is 1.68. The molecular weight excluding hydrogens is 228 g/mol. The largest absolute Gasteiger partial charge is 0.456 e. The van der Waals surface area contributed by atoms with Crippen molar-refractivity contribution in [1.82, 2.24) is 4.57 Å². The zero-order valence-corrected chi connectivity index (χ0v) is 10.5. The van der Waals surface area contributed by atoms with Gasteiger partial charge in [0, 0.05) is 13.2 Å². The van der Waals surface area contributed by atoms with Crippen molar-refractivity contribution in [3.63, 3.8) is 0 Å². The summed E-state index contributed by atoms with van der Waals surface area (Å²) in [5.41, 5.74) is 8.75. The predicted octanol–water partition coefficient (Wildman–Crippen LogP) is 2.27. The number of benzene rings is 1. The number of aromatic nitrogens is 1. The van der Waals surface area contributed by atoms with Crippen molar-refractivity contribution >= 4 is 11.7 Å². The first kappa shape index (κ1) is 12.2. The number of hydrogen-bond donors (Lipinski definition) is 1. The van der Waals surface area contributed by atoms with Gasteiger partial charge in [0.05, 0.1) is 5.69 Å². The van der Waals surface area contributed by atoms with Crippen molar-refractivity contribution < 1.29 is 9.53 Å². The fourth-order valence-corrected chi connectivity index (χ4v) is 1.82. The van der Waals surface area contributed by atoms with E-state index in [0.717, 1.165) is 11.1 Å². The number of hydrogen-bond acceptors (Lipinski definition) is 3. The minimum Gasteiger partial charge on any atom is -0.456 e. The summed E-state index contributed by atoms with van der Waals surface area (Å²) >= 11 is 0. The third-order valence-electron chi connectivity index (χ3n) is 2.69. The highest BCUT2D eigenvalue weighted by atomic mass is 16.5. The number of nitrogens with zero attached hydrogens (tertiary/aromatic N) is 1. The zero-order valence-electron chi connectivity index (χ0n) is 10.5. The van der Waals surface area contributed by atoms with Crippen LogP contribution in [-0.4, -0.2) is 10.5 Å². The number of nitrogens with two attached hydrogens (primary N) is 1. The lowest BCUT2D eigenvalue weighted by Gasteiger charge is -2.06. The van der Waals surface area contributed by atoms with Crippen LogP contribution in [-0.2, 0) is 18.4 Å². The maximum Gasteiger partial charge on any atom is 0.355 e. The number of esters is 1. The molecule has 1 aromatic heterocycles. The second-order valence-corrected chi connectivity index (χ2v) is 4.33. The molecule has 0 spiro atoms. The highest BCUT2D eigenvalue weighted by molar-refractivity contribution is 5.89. The van der Waals surface area contributed by atoms with Gasteiger partial charge in [0.25, 0.3) is 0 Å². The Morgan fingerprint density at radius 1 is 1.39 bits per heavy atom. The second kappa shape index (κ2) is 4.96. The Kier molecular flexibility index (Phi) is 3.37. The molecule has 0 aliphatic carbocycles. The molecule has 0 aliphatic heterocycles. The Labute approximate surface area is 106 Å². The van der Waals surface area contributed by atoms with Crippen LogP contribution in [0.15, 0.2) is 36.5 Å². The quantitative estimate of drug-likeness (QED) is 0.843. The molecule has 2 aromatic rings. The molecule has 2 rings (SSSR count). The number of aryl methyl sites for hydroxylation is 2. The fourth-order valence-electron chi connectivity index (χ4n) is 1.82. The molecule has 0 unspecified atom stereocenters. The van der Waals surface area contributed by atoms with Crippen molar-refractivity contribution in [1.29, 1.82) is 0 Å². The standard InChI is InChI=1S/C14H16N2O2/c1-10-4-3-5-11(6-10)9-18-14(17)13-7-12(15)8-16(13)2/h3-8H,9,15H2,1-2H3. The number of anilines is 1. The molecule has 0 saturated heterocycles. The summed E-state index contributed by atoms with van der Waals surface area (Å²) in [7, 11) is 1.76. The Balaban J connectivity index is 2.03. The molecule has 18 heavy (non-hydrogen) atoms. The average molecular weight is 244 g/mol. The Hall–Kier alpha value is -2.23. The van der Waals surface area contributed by atoms with Crippen molar-refractivity contribution in [3.05, 3.63) is 53.3 Å². The lowest BCUT2D eigenvalue weighted by Crippen LogP contribution is -2.09. The van der Waals surface area contributed by atoms with Gasteiger partial charge in [-0.1, -0.05) is 29.8 Å². The van der Waals surface area contributed by atoms with Crippen LogP contribution in [0.2, 0.25) is 0 Å². The molecular formula is C14H16N2O2. The number of rotatable bonds is 3. The molecule has 4 heteroatoms. The van der Waals surface area contributed by atoms with Gasteiger partial charge < -0.3 is 15.0 Å². The summed E-state index contributed by atoms with van der Waals surface area (Å²) in [5, 5.41) is 0. The molecule has 2 N–H and O–H groups in total. The minimum atomic E-state index is -0.365. The van der Waals surface area contributed by atoms with Crippen LogP contribution < -0.4 is 5.73 Å². The molecule has 0 aliphatic rings. The minimum absolute atomic E-state index is 0.269.